The molecule has 0 amide bonds. The third-order valence-electron chi connectivity index (χ3n) is 2.47. The van der Waals surface area contributed by atoms with Gasteiger partial charge in [-0.15, -0.1) is 0 Å². The maximum absolute atomic E-state index is 10.9. The number of hydrogen-bond acceptors (Lipinski definition) is 3. The van der Waals surface area contributed by atoms with Crippen LogP contribution >= 0.6 is 11.6 Å². The molecule has 0 unspecified atom stereocenters. The van der Waals surface area contributed by atoms with Gasteiger partial charge in [0.2, 0.25) is 0 Å². The summed E-state index contributed by atoms with van der Waals surface area (Å²) in [4.78, 5) is 10.9. The molecule has 0 aliphatic carbocycles. The summed E-state index contributed by atoms with van der Waals surface area (Å²) in [6, 6.07) is 6.74. The lowest BCUT2D eigenvalue weighted by molar-refractivity contribution is 0.0696. The zero-order valence-corrected chi connectivity index (χ0v) is 10.1. The van der Waals surface area contributed by atoms with E-state index < -0.39 is 5.97 Å². The first-order valence-electron chi connectivity index (χ1n) is 5.02. The molecule has 0 aliphatic rings. The molecule has 0 atom stereocenters. The van der Waals surface area contributed by atoms with Gasteiger partial charge >= 0.3 is 5.97 Å². The van der Waals surface area contributed by atoms with Crippen LogP contribution in [-0.4, -0.2) is 20.9 Å². The zero-order chi connectivity index (χ0) is 13.3. The maximum atomic E-state index is 10.9. The first-order chi connectivity index (χ1) is 8.52. The molecule has 0 saturated heterocycles. The number of halogens is 1. The van der Waals surface area contributed by atoms with Crippen molar-refractivity contribution in [1.82, 2.24) is 9.78 Å². The van der Waals surface area contributed by atoms with Gasteiger partial charge in [0.15, 0.2) is 0 Å². The molecule has 2 aromatic rings. The van der Waals surface area contributed by atoms with Crippen molar-refractivity contribution in [2.45, 2.75) is 6.92 Å². The Balaban J connectivity index is 2.50. The Bertz CT molecular complexity index is 670. The fourth-order valence-corrected chi connectivity index (χ4v) is 1.76. The number of rotatable bonds is 2. The first kappa shape index (κ1) is 12.1. The molecule has 5 nitrogen and oxygen atoms in total. The molecule has 0 spiro atoms. The normalized spacial score (nSPS) is 10.1. The van der Waals surface area contributed by atoms with E-state index in [9.17, 15) is 4.79 Å². The van der Waals surface area contributed by atoms with E-state index in [4.69, 9.17) is 22.0 Å². The molecule has 0 bridgehead atoms. The highest BCUT2D eigenvalue weighted by Gasteiger charge is 2.13. The number of nitriles is 1. The molecule has 1 aromatic carbocycles. The Morgan fingerprint density at radius 2 is 2.28 bits per heavy atom. The van der Waals surface area contributed by atoms with Gasteiger partial charge in [-0.3, -0.25) is 0 Å². The lowest BCUT2D eigenvalue weighted by Crippen LogP contribution is -1.96. The van der Waals surface area contributed by atoms with E-state index >= 15 is 0 Å². The summed E-state index contributed by atoms with van der Waals surface area (Å²) < 4.78 is 1.42. The fourth-order valence-electron chi connectivity index (χ4n) is 1.54. The van der Waals surface area contributed by atoms with Crippen LogP contribution in [0.5, 0.6) is 0 Å². The van der Waals surface area contributed by atoms with Gasteiger partial charge in [-0.05, 0) is 25.1 Å². The second-order valence-electron chi connectivity index (χ2n) is 3.65. The van der Waals surface area contributed by atoms with Crippen LogP contribution < -0.4 is 0 Å². The highest BCUT2D eigenvalue weighted by molar-refractivity contribution is 6.31. The SMILES string of the molecule is Cc1nn(-c2ccc(C#N)c(Cl)c2)cc1C(=O)O. The number of nitrogens with zero attached hydrogens (tertiary/aromatic N) is 3. The average Bonchev–Trinajstić information content (AvgIpc) is 2.71. The van der Waals surface area contributed by atoms with Crippen molar-refractivity contribution >= 4 is 17.6 Å². The molecule has 1 aromatic heterocycles. The maximum Gasteiger partial charge on any atom is 0.339 e. The summed E-state index contributed by atoms with van der Waals surface area (Å²) in [5.41, 5.74) is 1.52. The van der Waals surface area contributed by atoms with Crippen molar-refractivity contribution in [1.29, 1.82) is 5.26 Å². The van der Waals surface area contributed by atoms with Gasteiger partial charge in [-0.2, -0.15) is 10.4 Å². The Morgan fingerprint density at radius 3 is 2.78 bits per heavy atom. The van der Waals surface area contributed by atoms with Crippen molar-refractivity contribution in [3.63, 3.8) is 0 Å². The number of aryl methyl sites for hydroxylation is 1. The smallest absolute Gasteiger partial charge is 0.339 e. The second-order valence-corrected chi connectivity index (χ2v) is 4.06. The lowest BCUT2D eigenvalue weighted by atomic mass is 10.2. The number of hydrogen-bond donors (Lipinski definition) is 1. The van der Waals surface area contributed by atoms with Gasteiger partial charge in [0.05, 0.1) is 22.0 Å². The lowest BCUT2D eigenvalue weighted by Gasteiger charge is -2.02. The minimum absolute atomic E-state index is 0.135. The predicted octanol–water partition coefficient (Wildman–Crippen LogP) is 2.40. The minimum Gasteiger partial charge on any atom is -0.478 e. The van der Waals surface area contributed by atoms with Crippen LogP contribution in [0.25, 0.3) is 5.69 Å². The summed E-state index contributed by atoms with van der Waals surface area (Å²) in [5.74, 6) is -1.03. The Labute approximate surface area is 108 Å². The number of carbonyl (C=O) groups is 1. The van der Waals surface area contributed by atoms with E-state index in [2.05, 4.69) is 5.10 Å². The van der Waals surface area contributed by atoms with Gasteiger partial charge in [0.25, 0.3) is 0 Å². The number of carboxylic acids is 1. The van der Waals surface area contributed by atoms with Gasteiger partial charge in [0.1, 0.15) is 11.6 Å². The second kappa shape index (κ2) is 4.51. The Kier molecular flexibility index (Phi) is 3.04. The van der Waals surface area contributed by atoms with Crippen molar-refractivity contribution in [3.05, 3.63) is 46.2 Å². The van der Waals surface area contributed by atoms with Crippen LogP contribution in [0.4, 0.5) is 0 Å². The molecule has 2 rings (SSSR count). The summed E-state index contributed by atoms with van der Waals surface area (Å²) in [6.07, 6.45) is 1.41. The van der Waals surface area contributed by atoms with Crippen molar-refractivity contribution < 1.29 is 9.90 Å². The summed E-state index contributed by atoms with van der Waals surface area (Å²) in [6.45, 7) is 1.62. The Hall–Kier alpha value is -2.32. The highest BCUT2D eigenvalue weighted by atomic mass is 35.5. The van der Waals surface area contributed by atoms with E-state index in [-0.39, 0.29) is 5.56 Å². The molecule has 0 radical (unpaired) electrons. The van der Waals surface area contributed by atoms with Crippen LogP contribution in [0.2, 0.25) is 5.02 Å². The van der Waals surface area contributed by atoms with E-state index in [1.54, 1.807) is 25.1 Å². The monoisotopic (exact) mass is 261 g/mol. The van der Waals surface area contributed by atoms with Crippen LogP contribution in [-0.2, 0) is 0 Å². The number of aromatic nitrogens is 2. The molecular formula is C12H8ClN3O2. The quantitative estimate of drug-likeness (QED) is 0.900. The molecule has 1 heterocycles. The Morgan fingerprint density at radius 1 is 1.56 bits per heavy atom. The number of carboxylic acid groups (broad SMARTS) is 1. The zero-order valence-electron chi connectivity index (χ0n) is 9.38. The van der Waals surface area contributed by atoms with Crippen molar-refractivity contribution in [2.24, 2.45) is 0 Å². The van der Waals surface area contributed by atoms with Gasteiger partial charge in [-0.1, -0.05) is 11.6 Å². The molecule has 0 fully saturated rings. The minimum atomic E-state index is -1.03. The topological polar surface area (TPSA) is 78.9 Å². The largest absolute Gasteiger partial charge is 0.478 e. The predicted molar refractivity (Wildman–Crippen MR) is 65.0 cm³/mol. The average molecular weight is 262 g/mol. The van der Waals surface area contributed by atoms with Gasteiger partial charge < -0.3 is 5.11 Å². The fraction of sp³-hybridized carbons (Fsp3) is 0.0833. The van der Waals surface area contributed by atoms with Gasteiger partial charge in [0, 0.05) is 6.20 Å². The molecule has 90 valence electrons. The van der Waals surface area contributed by atoms with Crippen LogP contribution in [0, 0.1) is 18.3 Å². The molecular weight excluding hydrogens is 254 g/mol. The number of aromatic carboxylic acids is 1. The molecule has 6 heteroatoms. The van der Waals surface area contributed by atoms with Crippen molar-refractivity contribution in [3.8, 4) is 11.8 Å². The summed E-state index contributed by atoms with van der Waals surface area (Å²) in [7, 11) is 0. The van der Waals surface area contributed by atoms with Crippen LogP contribution in [0.3, 0.4) is 0 Å². The van der Waals surface area contributed by atoms with Gasteiger partial charge in [-0.25, -0.2) is 9.48 Å². The van der Waals surface area contributed by atoms with Crippen LogP contribution in [0.1, 0.15) is 21.6 Å². The van der Waals surface area contributed by atoms with E-state index in [1.807, 2.05) is 6.07 Å². The third kappa shape index (κ3) is 2.06. The summed E-state index contributed by atoms with van der Waals surface area (Å²) >= 11 is 5.91. The summed E-state index contributed by atoms with van der Waals surface area (Å²) in [5, 5.41) is 22.1. The highest BCUT2D eigenvalue weighted by Crippen LogP contribution is 2.20. The molecule has 0 saturated carbocycles. The van der Waals surface area contributed by atoms with E-state index in [0.29, 0.717) is 22.0 Å². The molecule has 0 aliphatic heterocycles. The molecule has 18 heavy (non-hydrogen) atoms. The van der Waals surface area contributed by atoms with E-state index in [1.165, 1.54) is 10.9 Å². The van der Waals surface area contributed by atoms with Crippen LogP contribution in [0.15, 0.2) is 24.4 Å². The standard InChI is InChI=1S/C12H8ClN3O2/c1-7-10(12(17)18)6-16(15-7)9-3-2-8(5-14)11(13)4-9/h2-4,6H,1H3,(H,17,18). The number of benzene rings is 1. The third-order valence-corrected chi connectivity index (χ3v) is 2.78. The molecule has 1 N–H and O–H groups in total. The van der Waals surface area contributed by atoms with E-state index in [0.717, 1.165) is 0 Å². The first-order valence-corrected chi connectivity index (χ1v) is 5.40. The van der Waals surface area contributed by atoms with Crippen molar-refractivity contribution in [2.75, 3.05) is 0 Å².